The highest BCUT2D eigenvalue weighted by Crippen LogP contribution is 2.43. The van der Waals surface area contributed by atoms with Crippen LogP contribution < -0.4 is 19.9 Å². The molecule has 0 radical (unpaired) electrons. The van der Waals surface area contributed by atoms with Crippen molar-refractivity contribution in [1.82, 2.24) is 20.2 Å². The molecular formula is C34H40F2N6O3. The lowest BCUT2D eigenvalue weighted by atomic mass is 9.95. The molecule has 2 bridgehead atoms. The molecule has 1 aromatic heterocycles. The number of hydrogen-bond acceptors (Lipinski definition) is 8. The summed E-state index contributed by atoms with van der Waals surface area (Å²) in [5.41, 5.74) is 1.83. The van der Waals surface area contributed by atoms with Crippen LogP contribution in [0.25, 0.3) is 10.8 Å². The van der Waals surface area contributed by atoms with E-state index in [2.05, 4.69) is 15.1 Å². The average Bonchev–Trinajstić information content (AvgIpc) is 3.72. The number of rotatable bonds is 7. The van der Waals surface area contributed by atoms with Crippen LogP contribution in [-0.4, -0.2) is 89.0 Å². The summed E-state index contributed by atoms with van der Waals surface area (Å²) >= 11 is 0. The summed E-state index contributed by atoms with van der Waals surface area (Å²) in [6, 6.07) is 7.04. The van der Waals surface area contributed by atoms with Crippen LogP contribution in [0.2, 0.25) is 0 Å². The number of anilines is 2. The lowest BCUT2D eigenvalue weighted by molar-refractivity contribution is 0.0766. The van der Waals surface area contributed by atoms with Gasteiger partial charge in [0.15, 0.2) is 0 Å². The molecule has 9 nitrogen and oxygen atoms in total. The molecule has 11 heteroatoms. The molecule has 5 aliphatic rings. The number of aromatic hydroxyl groups is 1. The van der Waals surface area contributed by atoms with Crippen LogP contribution in [-0.2, 0) is 12.8 Å². The molecule has 5 aliphatic heterocycles. The minimum absolute atomic E-state index is 0.0111. The second-order valence-corrected chi connectivity index (χ2v) is 13.5. The Balaban J connectivity index is 1.19. The number of phenolic OH excluding ortho intramolecular Hbond substituents is 1. The highest BCUT2D eigenvalue weighted by atomic mass is 19.1. The number of carbonyl (C=O) groups is 1. The van der Waals surface area contributed by atoms with Crippen molar-refractivity contribution in [1.29, 1.82) is 0 Å². The van der Waals surface area contributed by atoms with E-state index in [0.29, 0.717) is 60.1 Å². The van der Waals surface area contributed by atoms with Crippen molar-refractivity contribution >= 4 is 28.2 Å². The average molecular weight is 619 g/mol. The summed E-state index contributed by atoms with van der Waals surface area (Å²) in [5.74, 6) is 0.103. The Bertz CT molecular complexity index is 1660. The number of nitrogens with one attached hydrogen (secondary N) is 1. The second kappa shape index (κ2) is 11.0. The Kier molecular flexibility index (Phi) is 7.09. The Hall–Kier alpha value is -3.57. The SMILES string of the molecule is CCc1c(F)ccc2cc(O)cc(N3CCc4c(nc(OC[C@]56CCCN5[C@@H](CF)CC6)nc4N4C[C@H]5CC[C@@H](C4)N5)C3=O)c12. The third-order valence-corrected chi connectivity index (χ3v) is 11.0. The van der Waals surface area contributed by atoms with Crippen molar-refractivity contribution in [3.8, 4) is 11.8 Å². The number of carbonyl (C=O) groups excluding carboxylic acids is 1. The third kappa shape index (κ3) is 4.72. The summed E-state index contributed by atoms with van der Waals surface area (Å²) in [6.45, 7) is 4.68. The zero-order valence-corrected chi connectivity index (χ0v) is 25.7. The zero-order chi connectivity index (χ0) is 30.9. The standard InChI is InChI=1S/C34H40F2N6O3/c1-2-25-27(36)7-4-20-14-24(43)15-28(29(20)25)41-13-9-26-30(32(41)44)38-33(39-31(26)40-17-21-5-6-22(18-40)37-21)45-19-34-10-3-12-42(34)23(16-35)8-11-34/h4,7,14-15,21-23,37,43H,2-3,5-6,8-13,16-19H2,1H3/t21-,22+,23-,34-/m1/s1. The first kappa shape index (κ1) is 28.9. The van der Waals surface area contributed by atoms with Crippen molar-refractivity contribution < 1.29 is 23.4 Å². The molecule has 3 aromatic rings. The molecule has 0 spiro atoms. The van der Waals surface area contributed by atoms with Crippen LogP contribution >= 0.6 is 0 Å². The Labute approximate surface area is 261 Å². The number of ether oxygens (including phenoxy) is 1. The fourth-order valence-electron chi connectivity index (χ4n) is 8.85. The van der Waals surface area contributed by atoms with Crippen LogP contribution in [0.3, 0.4) is 0 Å². The highest BCUT2D eigenvalue weighted by Gasteiger charge is 2.50. The molecule has 238 valence electrons. The summed E-state index contributed by atoms with van der Waals surface area (Å²) in [5, 5.41) is 15.6. The van der Waals surface area contributed by atoms with Crippen molar-refractivity contribution in [2.75, 3.05) is 49.3 Å². The van der Waals surface area contributed by atoms with E-state index in [1.54, 1.807) is 23.1 Å². The number of piperazine rings is 1. The zero-order valence-electron chi connectivity index (χ0n) is 25.7. The number of nitrogens with zero attached hydrogens (tertiary/aromatic N) is 5. The normalized spacial score (nSPS) is 27.8. The summed E-state index contributed by atoms with van der Waals surface area (Å²) in [7, 11) is 0. The Morgan fingerprint density at radius 1 is 1.11 bits per heavy atom. The largest absolute Gasteiger partial charge is 0.508 e. The maximum Gasteiger partial charge on any atom is 0.319 e. The van der Waals surface area contributed by atoms with Crippen LogP contribution in [0, 0.1) is 5.82 Å². The van der Waals surface area contributed by atoms with Crippen molar-refractivity contribution in [3.63, 3.8) is 0 Å². The fourth-order valence-corrected chi connectivity index (χ4v) is 8.85. The molecule has 6 heterocycles. The predicted molar refractivity (Wildman–Crippen MR) is 168 cm³/mol. The van der Waals surface area contributed by atoms with Crippen LogP contribution in [0.4, 0.5) is 20.3 Å². The topological polar surface area (TPSA) is 94.1 Å². The first-order valence-corrected chi connectivity index (χ1v) is 16.5. The minimum Gasteiger partial charge on any atom is -0.508 e. The molecule has 0 saturated carbocycles. The van der Waals surface area contributed by atoms with Gasteiger partial charge in [0.2, 0.25) is 0 Å². The number of amides is 1. The van der Waals surface area contributed by atoms with E-state index in [0.717, 1.165) is 69.5 Å². The van der Waals surface area contributed by atoms with E-state index >= 15 is 0 Å². The van der Waals surface area contributed by atoms with Gasteiger partial charge >= 0.3 is 6.01 Å². The van der Waals surface area contributed by atoms with E-state index in [-0.39, 0.29) is 47.4 Å². The van der Waals surface area contributed by atoms with Gasteiger partial charge in [0.25, 0.3) is 5.91 Å². The van der Waals surface area contributed by atoms with Gasteiger partial charge in [-0.3, -0.25) is 9.69 Å². The van der Waals surface area contributed by atoms with Gasteiger partial charge in [-0.25, -0.2) is 8.78 Å². The number of alkyl halides is 1. The van der Waals surface area contributed by atoms with E-state index < -0.39 is 0 Å². The van der Waals surface area contributed by atoms with E-state index in [1.165, 1.54) is 6.07 Å². The van der Waals surface area contributed by atoms with Gasteiger partial charge in [-0.2, -0.15) is 9.97 Å². The molecular weight excluding hydrogens is 578 g/mol. The van der Waals surface area contributed by atoms with Gasteiger partial charge in [-0.1, -0.05) is 13.0 Å². The first-order valence-electron chi connectivity index (χ1n) is 16.5. The fraction of sp³-hybridized carbons (Fsp3) is 0.559. The molecule has 2 N–H and O–H groups in total. The highest BCUT2D eigenvalue weighted by molar-refractivity contribution is 6.13. The maximum absolute atomic E-state index is 15.0. The smallest absolute Gasteiger partial charge is 0.319 e. The van der Waals surface area contributed by atoms with Gasteiger partial charge in [0, 0.05) is 54.8 Å². The van der Waals surface area contributed by atoms with Gasteiger partial charge in [0.05, 0.1) is 11.2 Å². The molecule has 2 aromatic carbocycles. The monoisotopic (exact) mass is 618 g/mol. The second-order valence-electron chi connectivity index (χ2n) is 13.5. The molecule has 0 aliphatic carbocycles. The number of phenols is 1. The van der Waals surface area contributed by atoms with Crippen LogP contribution in [0.15, 0.2) is 24.3 Å². The molecule has 8 rings (SSSR count). The van der Waals surface area contributed by atoms with Gasteiger partial charge < -0.3 is 25.0 Å². The minimum atomic E-state index is -0.357. The molecule has 1 amide bonds. The van der Waals surface area contributed by atoms with Gasteiger partial charge in [-0.05, 0) is 81.0 Å². The maximum atomic E-state index is 15.0. The van der Waals surface area contributed by atoms with Crippen LogP contribution in [0.1, 0.15) is 67.1 Å². The van der Waals surface area contributed by atoms with Crippen molar-refractivity contribution in [3.05, 3.63) is 46.9 Å². The van der Waals surface area contributed by atoms with E-state index in [1.807, 2.05) is 6.92 Å². The lowest BCUT2D eigenvalue weighted by Crippen LogP contribution is -2.52. The molecule has 4 saturated heterocycles. The Morgan fingerprint density at radius 2 is 1.93 bits per heavy atom. The van der Waals surface area contributed by atoms with Crippen molar-refractivity contribution in [2.45, 2.75) is 82.0 Å². The summed E-state index contributed by atoms with van der Waals surface area (Å²) < 4.78 is 35.2. The Morgan fingerprint density at radius 3 is 2.71 bits per heavy atom. The van der Waals surface area contributed by atoms with E-state index in [4.69, 9.17) is 14.7 Å². The van der Waals surface area contributed by atoms with Crippen molar-refractivity contribution in [2.24, 2.45) is 0 Å². The molecule has 45 heavy (non-hydrogen) atoms. The number of fused-ring (bicyclic) bond motifs is 5. The summed E-state index contributed by atoms with van der Waals surface area (Å²) in [6.07, 6.45) is 6.80. The van der Waals surface area contributed by atoms with Gasteiger partial charge in [-0.15, -0.1) is 0 Å². The number of aromatic nitrogens is 2. The molecule has 4 fully saturated rings. The lowest BCUT2D eigenvalue weighted by Gasteiger charge is -2.37. The van der Waals surface area contributed by atoms with Crippen LogP contribution in [0.5, 0.6) is 11.8 Å². The van der Waals surface area contributed by atoms with Gasteiger partial charge in [0.1, 0.15) is 36.4 Å². The number of aryl methyl sites for hydroxylation is 1. The number of hydrogen-bond donors (Lipinski definition) is 2. The predicted octanol–water partition coefficient (Wildman–Crippen LogP) is 4.53. The summed E-state index contributed by atoms with van der Waals surface area (Å²) in [4.78, 5) is 30.3. The number of halogens is 2. The quantitative estimate of drug-likeness (QED) is 0.399. The van der Waals surface area contributed by atoms with E-state index in [9.17, 15) is 18.7 Å². The third-order valence-electron chi connectivity index (χ3n) is 11.0. The molecule has 0 unspecified atom stereocenters. The first-order chi connectivity index (χ1) is 21.9. The number of benzene rings is 2. The molecule has 4 atom stereocenters.